The lowest BCUT2D eigenvalue weighted by atomic mass is 10.3. The Morgan fingerprint density at radius 3 is 2.93 bits per heavy atom. The fourth-order valence-electron chi connectivity index (χ4n) is 1.28. The maximum atomic E-state index is 11.6. The maximum absolute atomic E-state index is 11.6. The Labute approximate surface area is 96.8 Å². The van der Waals surface area contributed by atoms with E-state index in [1.165, 1.54) is 25.2 Å². The minimum atomic E-state index is -3.39. The van der Waals surface area contributed by atoms with Crippen LogP contribution >= 0.6 is 15.9 Å². The number of rotatable bonds is 5. The molecule has 1 aliphatic carbocycles. The first-order valence-corrected chi connectivity index (χ1v) is 7.12. The summed E-state index contributed by atoms with van der Waals surface area (Å²) in [7, 11) is -3.39. The van der Waals surface area contributed by atoms with Crippen LogP contribution in [0.2, 0.25) is 0 Å². The third-order valence-electron chi connectivity index (χ3n) is 2.39. The SMILES string of the molecule is O=S(=O)(NCC(Br)C1CC1)c1cn[nH]c1. The Morgan fingerprint density at radius 1 is 1.67 bits per heavy atom. The van der Waals surface area contributed by atoms with Crippen LogP contribution in [-0.4, -0.2) is 30.0 Å². The van der Waals surface area contributed by atoms with Crippen LogP contribution in [-0.2, 0) is 10.0 Å². The van der Waals surface area contributed by atoms with Crippen LogP contribution in [0.1, 0.15) is 12.8 Å². The minimum absolute atomic E-state index is 0.179. The molecule has 7 heteroatoms. The largest absolute Gasteiger partial charge is 0.284 e. The molecule has 0 aliphatic heterocycles. The van der Waals surface area contributed by atoms with Crippen molar-refractivity contribution >= 4 is 26.0 Å². The number of alkyl halides is 1. The molecule has 0 amide bonds. The van der Waals surface area contributed by atoms with Crippen molar-refractivity contribution < 1.29 is 8.42 Å². The molecule has 1 unspecified atom stereocenters. The summed E-state index contributed by atoms with van der Waals surface area (Å²) in [6, 6.07) is 0. The van der Waals surface area contributed by atoms with E-state index in [0.29, 0.717) is 12.5 Å². The van der Waals surface area contributed by atoms with Gasteiger partial charge in [0.05, 0.1) is 6.20 Å². The molecular formula is C8H12BrN3O2S. The first-order valence-electron chi connectivity index (χ1n) is 4.72. The normalized spacial score (nSPS) is 19.0. The molecule has 1 aromatic heterocycles. The Balaban J connectivity index is 1.93. The number of hydrogen-bond donors (Lipinski definition) is 2. The molecule has 0 bridgehead atoms. The number of nitrogens with one attached hydrogen (secondary N) is 2. The molecule has 1 aliphatic rings. The second kappa shape index (κ2) is 4.23. The molecule has 5 nitrogen and oxygen atoms in total. The molecule has 1 fully saturated rings. The van der Waals surface area contributed by atoms with Gasteiger partial charge in [-0.05, 0) is 18.8 Å². The lowest BCUT2D eigenvalue weighted by Gasteiger charge is -2.09. The standard InChI is InChI=1S/C8H12BrN3O2S/c9-8(6-1-2-6)5-12-15(13,14)7-3-10-11-4-7/h3-4,6,8,12H,1-2,5H2,(H,10,11). The molecule has 1 heterocycles. The first-order chi connectivity index (χ1) is 7.09. The lowest BCUT2D eigenvalue weighted by Crippen LogP contribution is -2.30. The summed E-state index contributed by atoms with van der Waals surface area (Å²) < 4.78 is 25.8. The van der Waals surface area contributed by atoms with Gasteiger partial charge in [0, 0.05) is 17.6 Å². The van der Waals surface area contributed by atoms with Crippen molar-refractivity contribution in [2.75, 3.05) is 6.54 Å². The van der Waals surface area contributed by atoms with Crippen LogP contribution in [0.4, 0.5) is 0 Å². The van der Waals surface area contributed by atoms with E-state index in [9.17, 15) is 8.42 Å². The van der Waals surface area contributed by atoms with Gasteiger partial charge in [-0.2, -0.15) is 5.10 Å². The van der Waals surface area contributed by atoms with Crippen LogP contribution < -0.4 is 4.72 Å². The molecule has 84 valence electrons. The van der Waals surface area contributed by atoms with Gasteiger partial charge in [0.25, 0.3) is 0 Å². The van der Waals surface area contributed by atoms with Crippen molar-refractivity contribution in [2.45, 2.75) is 22.6 Å². The van der Waals surface area contributed by atoms with Gasteiger partial charge < -0.3 is 0 Å². The Kier molecular flexibility index (Phi) is 3.13. The summed E-state index contributed by atoms with van der Waals surface area (Å²) in [6.45, 7) is 0.429. The van der Waals surface area contributed by atoms with E-state index in [4.69, 9.17) is 0 Å². The highest BCUT2D eigenvalue weighted by atomic mass is 79.9. The zero-order chi connectivity index (χ0) is 10.9. The van der Waals surface area contributed by atoms with Gasteiger partial charge in [-0.3, -0.25) is 5.10 Å². The molecule has 15 heavy (non-hydrogen) atoms. The Morgan fingerprint density at radius 2 is 2.40 bits per heavy atom. The van der Waals surface area contributed by atoms with Crippen molar-refractivity contribution in [3.63, 3.8) is 0 Å². The molecule has 1 saturated carbocycles. The van der Waals surface area contributed by atoms with E-state index >= 15 is 0 Å². The van der Waals surface area contributed by atoms with Crippen molar-refractivity contribution in [2.24, 2.45) is 5.92 Å². The van der Waals surface area contributed by atoms with Crippen molar-refractivity contribution in [1.82, 2.24) is 14.9 Å². The van der Waals surface area contributed by atoms with Gasteiger partial charge >= 0.3 is 0 Å². The van der Waals surface area contributed by atoms with E-state index in [1.807, 2.05) is 0 Å². The topological polar surface area (TPSA) is 74.8 Å². The van der Waals surface area contributed by atoms with E-state index in [1.54, 1.807) is 0 Å². The molecule has 0 aromatic carbocycles. The molecule has 1 atom stereocenters. The van der Waals surface area contributed by atoms with E-state index in [2.05, 4.69) is 30.8 Å². The molecule has 0 radical (unpaired) electrons. The number of hydrogen-bond acceptors (Lipinski definition) is 3. The van der Waals surface area contributed by atoms with Crippen LogP contribution in [0.15, 0.2) is 17.3 Å². The smallest absolute Gasteiger partial charge is 0.243 e. The van der Waals surface area contributed by atoms with Crippen molar-refractivity contribution in [3.8, 4) is 0 Å². The third kappa shape index (κ3) is 2.79. The predicted molar refractivity (Wildman–Crippen MR) is 59.2 cm³/mol. The Hall–Kier alpha value is -0.400. The summed E-state index contributed by atoms with van der Waals surface area (Å²) in [5.74, 6) is 0.622. The molecule has 2 rings (SSSR count). The average molecular weight is 294 g/mol. The van der Waals surface area contributed by atoms with Gasteiger partial charge in [-0.1, -0.05) is 15.9 Å². The van der Waals surface area contributed by atoms with Crippen LogP contribution in [0.5, 0.6) is 0 Å². The number of H-pyrrole nitrogens is 1. The summed E-state index contributed by atoms with van der Waals surface area (Å²) in [6.07, 6.45) is 5.03. The fourth-order valence-corrected chi connectivity index (χ4v) is 3.15. The summed E-state index contributed by atoms with van der Waals surface area (Å²) in [5.41, 5.74) is 0. The van der Waals surface area contributed by atoms with Gasteiger partial charge in [0.1, 0.15) is 4.90 Å². The zero-order valence-corrected chi connectivity index (χ0v) is 10.4. The van der Waals surface area contributed by atoms with Gasteiger partial charge in [-0.15, -0.1) is 0 Å². The summed E-state index contributed by atoms with van der Waals surface area (Å²) >= 11 is 3.47. The molecule has 2 N–H and O–H groups in total. The predicted octanol–water partition coefficient (Wildman–Crippen LogP) is 0.861. The zero-order valence-electron chi connectivity index (χ0n) is 7.98. The van der Waals surface area contributed by atoms with Crippen LogP contribution in [0, 0.1) is 5.92 Å². The quantitative estimate of drug-likeness (QED) is 0.791. The van der Waals surface area contributed by atoms with Gasteiger partial charge in [-0.25, -0.2) is 13.1 Å². The minimum Gasteiger partial charge on any atom is -0.284 e. The van der Waals surface area contributed by atoms with E-state index < -0.39 is 10.0 Å². The Bertz CT molecular complexity index is 413. The van der Waals surface area contributed by atoms with Crippen molar-refractivity contribution in [1.29, 1.82) is 0 Å². The second-order valence-corrected chi connectivity index (χ2v) is 6.58. The summed E-state index contributed by atoms with van der Waals surface area (Å²) in [5, 5.41) is 6.08. The number of halogens is 1. The monoisotopic (exact) mass is 293 g/mol. The number of aromatic amines is 1. The summed E-state index contributed by atoms with van der Waals surface area (Å²) in [4.78, 5) is 0.414. The highest BCUT2D eigenvalue weighted by molar-refractivity contribution is 9.09. The highest BCUT2D eigenvalue weighted by Crippen LogP contribution is 2.36. The lowest BCUT2D eigenvalue weighted by molar-refractivity contribution is 0.578. The number of aromatic nitrogens is 2. The highest BCUT2D eigenvalue weighted by Gasteiger charge is 2.30. The second-order valence-electron chi connectivity index (χ2n) is 3.64. The fraction of sp³-hybridized carbons (Fsp3) is 0.625. The first kappa shape index (κ1) is 11.1. The average Bonchev–Trinajstić information content (AvgIpc) is 2.89. The van der Waals surface area contributed by atoms with E-state index in [-0.39, 0.29) is 9.72 Å². The molecular weight excluding hydrogens is 282 g/mol. The molecule has 0 saturated heterocycles. The van der Waals surface area contributed by atoms with E-state index in [0.717, 1.165) is 0 Å². The third-order valence-corrected chi connectivity index (χ3v) is 4.85. The maximum Gasteiger partial charge on any atom is 0.243 e. The number of sulfonamides is 1. The molecule has 0 spiro atoms. The van der Waals surface area contributed by atoms with Crippen LogP contribution in [0.3, 0.4) is 0 Å². The van der Waals surface area contributed by atoms with Crippen molar-refractivity contribution in [3.05, 3.63) is 12.4 Å². The molecule has 1 aromatic rings. The number of nitrogens with zero attached hydrogens (tertiary/aromatic N) is 1. The van der Waals surface area contributed by atoms with Crippen LogP contribution in [0.25, 0.3) is 0 Å². The van der Waals surface area contributed by atoms with Gasteiger partial charge in [0.15, 0.2) is 0 Å². The van der Waals surface area contributed by atoms with Gasteiger partial charge in [0.2, 0.25) is 10.0 Å².